The third kappa shape index (κ3) is 3.31. The van der Waals surface area contributed by atoms with E-state index in [0.717, 1.165) is 49.9 Å². The lowest BCUT2D eigenvalue weighted by atomic mass is 9.91. The van der Waals surface area contributed by atoms with Gasteiger partial charge in [0.05, 0.1) is 6.20 Å². The van der Waals surface area contributed by atoms with Crippen molar-refractivity contribution in [2.45, 2.75) is 64.3 Å². The standard InChI is InChI=1S/C25H31N7/c1-16(2)20-15-26-32-23(20)29-24(31-12-6-3-7-13-31)30-25(32)27-17-10-11-22-19(14-17)18-8-4-5-9-21(18)28-22/h4-5,8-9,15-17,28H,3,6-7,10-14H2,1-2H3,(H,27,29,30)/t17-/m1/s1. The number of nitrogens with one attached hydrogen (secondary N) is 2. The monoisotopic (exact) mass is 429 g/mol. The Morgan fingerprint density at radius 3 is 2.78 bits per heavy atom. The minimum absolute atomic E-state index is 0.320. The van der Waals surface area contributed by atoms with Gasteiger partial charge in [-0.1, -0.05) is 32.0 Å². The molecule has 0 amide bonds. The molecule has 0 bridgehead atoms. The van der Waals surface area contributed by atoms with Crippen molar-refractivity contribution in [3.05, 3.63) is 47.3 Å². The SMILES string of the molecule is CC(C)c1cnn2c(N[C@@H]3CCc4[nH]c5ccccc5c4C3)nc(N3CCCCC3)nc12. The highest BCUT2D eigenvalue weighted by atomic mass is 15.4. The minimum atomic E-state index is 0.320. The van der Waals surface area contributed by atoms with Crippen LogP contribution >= 0.6 is 0 Å². The maximum Gasteiger partial charge on any atom is 0.230 e. The molecule has 2 N–H and O–H groups in total. The summed E-state index contributed by atoms with van der Waals surface area (Å²) in [6.07, 6.45) is 8.77. The number of aromatic nitrogens is 5. The maximum atomic E-state index is 4.99. The van der Waals surface area contributed by atoms with E-state index in [2.05, 4.69) is 58.4 Å². The zero-order chi connectivity index (χ0) is 21.7. The van der Waals surface area contributed by atoms with Gasteiger partial charge in [-0.15, -0.1) is 0 Å². The molecule has 1 aromatic carbocycles. The van der Waals surface area contributed by atoms with Gasteiger partial charge in [0.15, 0.2) is 5.65 Å². The van der Waals surface area contributed by atoms with E-state index in [4.69, 9.17) is 9.97 Å². The summed E-state index contributed by atoms with van der Waals surface area (Å²) in [7, 11) is 0. The molecule has 2 aliphatic rings. The van der Waals surface area contributed by atoms with E-state index in [1.54, 1.807) is 0 Å². The van der Waals surface area contributed by atoms with Crippen LogP contribution in [0.2, 0.25) is 0 Å². The van der Waals surface area contributed by atoms with Gasteiger partial charge in [-0.25, -0.2) is 0 Å². The number of aryl methyl sites for hydroxylation is 1. The number of para-hydroxylation sites is 1. The second-order valence-electron chi connectivity index (χ2n) is 9.60. The van der Waals surface area contributed by atoms with E-state index < -0.39 is 0 Å². The molecule has 1 saturated heterocycles. The predicted molar refractivity (Wildman–Crippen MR) is 129 cm³/mol. The van der Waals surface area contributed by atoms with Crippen LogP contribution in [0.1, 0.15) is 62.3 Å². The van der Waals surface area contributed by atoms with Gasteiger partial charge in [0.1, 0.15) is 0 Å². The lowest BCUT2D eigenvalue weighted by Crippen LogP contribution is -2.33. The third-order valence-electron chi connectivity index (χ3n) is 7.07. The van der Waals surface area contributed by atoms with Gasteiger partial charge >= 0.3 is 0 Å². The van der Waals surface area contributed by atoms with E-state index in [-0.39, 0.29) is 0 Å². The summed E-state index contributed by atoms with van der Waals surface area (Å²) >= 11 is 0. The minimum Gasteiger partial charge on any atom is -0.358 e. The number of fused-ring (bicyclic) bond motifs is 4. The van der Waals surface area contributed by atoms with E-state index in [1.165, 1.54) is 47.0 Å². The molecule has 4 heterocycles. The highest BCUT2D eigenvalue weighted by Crippen LogP contribution is 2.31. The van der Waals surface area contributed by atoms with Gasteiger partial charge in [-0.2, -0.15) is 19.6 Å². The molecule has 1 fully saturated rings. The van der Waals surface area contributed by atoms with Gasteiger partial charge < -0.3 is 15.2 Å². The number of hydrogen-bond donors (Lipinski definition) is 2. The highest BCUT2D eigenvalue weighted by Gasteiger charge is 2.25. The second-order valence-corrected chi connectivity index (χ2v) is 9.60. The summed E-state index contributed by atoms with van der Waals surface area (Å²) in [5, 5.41) is 9.78. The molecular formula is C25H31N7. The molecule has 32 heavy (non-hydrogen) atoms. The fraction of sp³-hybridized carbons (Fsp3) is 0.480. The molecule has 7 heteroatoms. The molecule has 4 aromatic rings. The molecule has 6 rings (SSSR count). The summed E-state index contributed by atoms with van der Waals surface area (Å²) < 4.78 is 1.91. The van der Waals surface area contributed by atoms with Crippen LogP contribution in [0.25, 0.3) is 16.6 Å². The molecule has 0 spiro atoms. The number of piperidine rings is 1. The van der Waals surface area contributed by atoms with Crippen LogP contribution in [0.3, 0.4) is 0 Å². The summed E-state index contributed by atoms with van der Waals surface area (Å²) in [6, 6.07) is 8.95. The first-order chi connectivity index (χ1) is 15.7. The van der Waals surface area contributed by atoms with E-state index in [0.29, 0.717) is 12.0 Å². The van der Waals surface area contributed by atoms with Crippen LogP contribution in [-0.4, -0.2) is 43.7 Å². The molecule has 7 nitrogen and oxygen atoms in total. The number of anilines is 2. The Kier molecular flexibility index (Phi) is 4.77. The Labute approximate surface area is 188 Å². The van der Waals surface area contributed by atoms with Crippen molar-refractivity contribution < 1.29 is 0 Å². The van der Waals surface area contributed by atoms with E-state index in [9.17, 15) is 0 Å². The smallest absolute Gasteiger partial charge is 0.230 e. The topological polar surface area (TPSA) is 74.1 Å². The van der Waals surface area contributed by atoms with Crippen LogP contribution < -0.4 is 10.2 Å². The van der Waals surface area contributed by atoms with Crippen molar-refractivity contribution in [1.29, 1.82) is 0 Å². The number of benzene rings is 1. The number of nitrogens with zero attached hydrogens (tertiary/aromatic N) is 5. The van der Waals surface area contributed by atoms with Crippen LogP contribution in [0, 0.1) is 0 Å². The number of rotatable bonds is 4. The van der Waals surface area contributed by atoms with Crippen molar-refractivity contribution >= 4 is 28.4 Å². The molecule has 3 aromatic heterocycles. The molecule has 0 saturated carbocycles. The van der Waals surface area contributed by atoms with Gasteiger partial charge in [0.25, 0.3) is 0 Å². The first kappa shape index (κ1) is 19.6. The lowest BCUT2D eigenvalue weighted by Gasteiger charge is -2.28. The number of H-pyrrole nitrogens is 1. The normalized spacial score (nSPS) is 19.1. The zero-order valence-corrected chi connectivity index (χ0v) is 18.9. The first-order valence-electron chi connectivity index (χ1n) is 12.0. The van der Waals surface area contributed by atoms with E-state index >= 15 is 0 Å². The Hall–Kier alpha value is -3.09. The Bertz CT molecular complexity index is 1260. The fourth-order valence-corrected chi connectivity index (χ4v) is 5.29. The number of hydrogen-bond acceptors (Lipinski definition) is 5. The molecule has 166 valence electrons. The zero-order valence-electron chi connectivity index (χ0n) is 18.9. The van der Waals surface area contributed by atoms with Gasteiger partial charge in [0, 0.05) is 41.3 Å². The molecule has 1 aliphatic heterocycles. The van der Waals surface area contributed by atoms with Gasteiger partial charge in [-0.3, -0.25) is 0 Å². The van der Waals surface area contributed by atoms with Crippen LogP contribution in [-0.2, 0) is 12.8 Å². The molecule has 0 unspecified atom stereocenters. The Balaban J connectivity index is 1.36. The summed E-state index contributed by atoms with van der Waals surface area (Å²) in [4.78, 5) is 15.9. The van der Waals surface area contributed by atoms with Crippen LogP contribution in [0.5, 0.6) is 0 Å². The highest BCUT2D eigenvalue weighted by molar-refractivity contribution is 5.85. The predicted octanol–water partition coefficient (Wildman–Crippen LogP) is 4.69. The Morgan fingerprint density at radius 2 is 1.94 bits per heavy atom. The largest absolute Gasteiger partial charge is 0.358 e. The Morgan fingerprint density at radius 1 is 1.09 bits per heavy atom. The van der Waals surface area contributed by atoms with Crippen molar-refractivity contribution in [2.24, 2.45) is 0 Å². The van der Waals surface area contributed by atoms with E-state index in [1.807, 2.05) is 10.7 Å². The van der Waals surface area contributed by atoms with Gasteiger partial charge in [0.2, 0.25) is 11.9 Å². The fourth-order valence-electron chi connectivity index (χ4n) is 5.29. The summed E-state index contributed by atoms with van der Waals surface area (Å²) in [5.74, 6) is 2.02. The second kappa shape index (κ2) is 7.80. The van der Waals surface area contributed by atoms with Crippen molar-refractivity contribution in [2.75, 3.05) is 23.3 Å². The summed E-state index contributed by atoms with van der Waals surface area (Å²) in [6.45, 7) is 6.46. The average molecular weight is 430 g/mol. The van der Waals surface area contributed by atoms with Crippen molar-refractivity contribution in [3.8, 4) is 0 Å². The molecular weight excluding hydrogens is 398 g/mol. The molecule has 0 radical (unpaired) electrons. The molecule has 1 atom stereocenters. The first-order valence-corrected chi connectivity index (χ1v) is 12.0. The van der Waals surface area contributed by atoms with Crippen LogP contribution in [0.4, 0.5) is 11.9 Å². The lowest BCUT2D eigenvalue weighted by molar-refractivity contribution is 0.565. The van der Waals surface area contributed by atoms with Crippen LogP contribution in [0.15, 0.2) is 30.5 Å². The summed E-state index contributed by atoms with van der Waals surface area (Å²) in [5.41, 5.74) is 6.17. The van der Waals surface area contributed by atoms with Crippen molar-refractivity contribution in [3.63, 3.8) is 0 Å². The maximum absolute atomic E-state index is 4.99. The third-order valence-corrected chi connectivity index (χ3v) is 7.07. The quantitative estimate of drug-likeness (QED) is 0.492. The molecule has 1 aliphatic carbocycles. The average Bonchev–Trinajstić information content (AvgIpc) is 3.41. The van der Waals surface area contributed by atoms with Gasteiger partial charge in [-0.05, 0) is 56.1 Å². The number of aromatic amines is 1. The van der Waals surface area contributed by atoms with Crippen molar-refractivity contribution in [1.82, 2.24) is 24.6 Å².